The van der Waals surface area contributed by atoms with Crippen molar-refractivity contribution in [3.05, 3.63) is 0 Å². The molecule has 0 bridgehead atoms. The Hall–Kier alpha value is -1.75. The topological polar surface area (TPSA) is 127 Å². The van der Waals surface area contributed by atoms with Gasteiger partial charge >= 0.3 is 11.9 Å². The zero-order chi connectivity index (χ0) is 14.3. The minimum atomic E-state index is -1.25. The molecule has 0 heterocycles. The molecular weight excluding hydrogens is 268 g/mol. The number of hydrogen-bond donors (Lipinski definition) is 1. The number of carbonyl (C=O) groups excluding carboxylic acids is 2. The maximum atomic E-state index is 10.8. The summed E-state index contributed by atoms with van der Waals surface area (Å²) < 4.78 is 18.0. The van der Waals surface area contributed by atoms with Crippen LogP contribution in [0.15, 0.2) is 0 Å². The zero-order valence-corrected chi connectivity index (χ0v) is 9.94. The summed E-state index contributed by atoms with van der Waals surface area (Å²) in [5, 5.41) is 8.21. The Morgan fingerprint density at radius 3 is 2.47 bits per heavy atom. The highest BCUT2D eigenvalue weighted by Gasteiger charge is 2.05. The van der Waals surface area contributed by atoms with E-state index in [-0.39, 0.29) is 33.3 Å². The summed E-state index contributed by atoms with van der Waals surface area (Å²) in [5.74, 6) is -2.06. The van der Waals surface area contributed by atoms with Gasteiger partial charge in [0.25, 0.3) is 6.47 Å². The molecule has 0 saturated heterocycles. The van der Waals surface area contributed by atoms with Crippen molar-refractivity contribution in [2.75, 3.05) is 40.0 Å². The lowest BCUT2D eigenvalue weighted by Gasteiger charge is -2.05. The van der Waals surface area contributed by atoms with Crippen molar-refractivity contribution in [1.29, 1.82) is 0 Å². The number of carboxylic acid groups (broad SMARTS) is 1. The molecule has 19 heavy (non-hydrogen) atoms. The van der Waals surface area contributed by atoms with Crippen molar-refractivity contribution in [3.8, 4) is 0 Å². The fraction of sp³-hybridized carbons (Fsp3) is 0.667. The molecular formula is C9H14O10. The highest BCUT2D eigenvalue weighted by atomic mass is 17.2. The number of aliphatic carboxylic acids is 1. The lowest BCUT2D eigenvalue weighted by Crippen LogP contribution is -2.18. The number of ether oxygens (including phenoxy) is 4. The molecule has 1 N–H and O–H groups in total. The fourth-order valence-electron chi connectivity index (χ4n) is 0.668. The molecule has 0 aliphatic rings. The molecule has 0 atom stereocenters. The number of rotatable bonds is 13. The zero-order valence-electron chi connectivity index (χ0n) is 9.94. The summed E-state index contributed by atoms with van der Waals surface area (Å²) >= 11 is 0. The Bertz CT molecular complexity index is 266. The maximum absolute atomic E-state index is 10.8. The van der Waals surface area contributed by atoms with Crippen LogP contribution in [0.3, 0.4) is 0 Å². The normalized spacial score (nSPS) is 9.89. The number of carbonyl (C=O) groups is 3. The molecule has 0 aromatic heterocycles. The van der Waals surface area contributed by atoms with Crippen LogP contribution in [0, 0.1) is 0 Å². The van der Waals surface area contributed by atoms with Crippen LogP contribution in [-0.2, 0) is 43.1 Å². The van der Waals surface area contributed by atoms with Crippen LogP contribution in [0.5, 0.6) is 0 Å². The minimum absolute atomic E-state index is 0.0645. The van der Waals surface area contributed by atoms with E-state index in [1.807, 2.05) is 0 Å². The highest BCUT2D eigenvalue weighted by Crippen LogP contribution is 1.85. The van der Waals surface area contributed by atoms with E-state index in [1.54, 1.807) is 0 Å². The third-order valence-electron chi connectivity index (χ3n) is 1.32. The second-order valence-electron chi connectivity index (χ2n) is 2.75. The minimum Gasteiger partial charge on any atom is -0.479 e. The van der Waals surface area contributed by atoms with Gasteiger partial charge in [0.2, 0.25) is 6.79 Å². The van der Waals surface area contributed by atoms with E-state index >= 15 is 0 Å². The van der Waals surface area contributed by atoms with E-state index in [2.05, 4.69) is 19.2 Å². The second-order valence-corrected chi connectivity index (χ2v) is 2.75. The summed E-state index contributed by atoms with van der Waals surface area (Å²) in [6.07, 6.45) is 0. The van der Waals surface area contributed by atoms with Crippen LogP contribution in [0.25, 0.3) is 0 Å². The van der Waals surface area contributed by atoms with Crippen LogP contribution in [0.2, 0.25) is 0 Å². The summed E-state index contributed by atoms with van der Waals surface area (Å²) in [6.45, 7) is -1.27. The number of hydrogen-bond acceptors (Lipinski definition) is 9. The monoisotopic (exact) mass is 282 g/mol. The summed E-state index contributed by atoms with van der Waals surface area (Å²) in [6, 6.07) is 0. The van der Waals surface area contributed by atoms with Gasteiger partial charge in [-0.15, -0.1) is 0 Å². The van der Waals surface area contributed by atoms with Crippen molar-refractivity contribution in [1.82, 2.24) is 0 Å². The molecule has 0 rings (SSSR count). The van der Waals surface area contributed by atoms with Crippen LogP contribution in [0.1, 0.15) is 0 Å². The van der Waals surface area contributed by atoms with Gasteiger partial charge in [0.05, 0.1) is 6.61 Å². The van der Waals surface area contributed by atoms with E-state index in [0.29, 0.717) is 0 Å². The van der Waals surface area contributed by atoms with Gasteiger partial charge in [-0.2, -0.15) is 4.89 Å². The van der Waals surface area contributed by atoms with Gasteiger partial charge in [0, 0.05) is 0 Å². The average Bonchev–Trinajstić information content (AvgIpc) is 2.38. The lowest BCUT2D eigenvalue weighted by molar-refractivity contribution is -0.332. The van der Waals surface area contributed by atoms with Crippen LogP contribution in [-0.4, -0.2) is 63.5 Å². The lowest BCUT2D eigenvalue weighted by atomic mass is 10.7. The van der Waals surface area contributed by atoms with Crippen molar-refractivity contribution in [2.45, 2.75) is 0 Å². The molecule has 0 unspecified atom stereocenters. The first-order chi connectivity index (χ1) is 9.16. The molecule has 0 spiro atoms. The Kier molecular flexibility index (Phi) is 11.5. The molecule has 0 aromatic rings. The van der Waals surface area contributed by atoms with Gasteiger partial charge in [0.15, 0.2) is 6.61 Å². The van der Waals surface area contributed by atoms with E-state index in [0.717, 1.165) is 0 Å². The number of esters is 1. The second kappa shape index (κ2) is 12.7. The van der Waals surface area contributed by atoms with Gasteiger partial charge in [-0.3, -0.25) is 4.79 Å². The van der Waals surface area contributed by atoms with E-state index < -0.39 is 25.2 Å². The first-order valence-corrected chi connectivity index (χ1v) is 4.99. The molecule has 0 radical (unpaired) electrons. The Balaban J connectivity index is 3.15. The van der Waals surface area contributed by atoms with Gasteiger partial charge in [-0.05, 0) is 0 Å². The molecule has 0 aliphatic heterocycles. The van der Waals surface area contributed by atoms with E-state index in [1.165, 1.54) is 0 Å². The van der Waals surface area contributed by atoms with Gasteiger partial charge in [0.1, 0.15) is 20.0 Å². The van der Waals surface area contributed by atoms with Crippen molar-refractivity contribution in [3.63, 3.8) is 0 Å². The molecule has 0 amide bonds. The van der Waals surface area contributed by atoms with Crippen LogP contribution < -0.4 is 0 Å². The van der Waals surface area contributed by atoms with Crippen molar-refractivity contribution < 1.29 is 48.2 Å². The molecule has 0 aromatic carbocycles. The molecule has 10 heteroatoms. The molecule has 0 fully saturated rings. The van der Waals surface area contributed by atoms with E-state index in [4.69, 9.17) is 14.6 Å². The fourth-order valence-corrected chi connectivity index (χ4v) is 0.668. The quantitative estimate of drug-likeness (QED) is 0.108. The van der Waals surface area contributed by atoms with Gasteiger partial charge in [-0.1, -0.05) is 0 Å². The van der Waals surface area contributed by atoms with Crippen LogP contribution in [0.4, 0.5) is 0 Å². The predicted molar refractivity (Wildman–Crippen MR) is 54.4 cm³/mol. The van der Waals surface area contributed by atoms with Crippen LogP contribution >= 0.6 is 0 Å². The summed E-state index contributed by atoms with van der Waals surface area (Å²) in [7, 11) is 0. The molecule has 10 nitrogen and oxygen atoms in total. The Morgan fingerprint density at radius 2 is 1.79 bits per heavy atom. The average molecular weight is 282 g/mol. The highest BCUT2D eigenvalue weighted by molar-refractivity contribution is 5.75. The van der Waals surface area contributed by atoms with Gasteiger partial charge in [-0.25, -0.2) is 14.5 Å². The number of carboxylic acids is 1. The van der Waals surface area contributed by atoms with E-state index in [9.17, 15) is 14.4 Å². The Labute approximate surface area is 108 Å². The predicted octanol–water partition coefficient (Wildman–Crippen LogP) is -1.32. The molecule has 110 valence electrons. The maximum Gasteiger partial charge on any atom is 0.341 e. The van der Waals surface area contributed by atoms with Crippen molar-refractivity contribution >= 4 is 18.4 Å². The smallest absolute Gasteiger partial charge is 0.341 e. The molecule has 0 aliphatic carbocycles. The Morgan fingerprint density at radius 1 is 1.00 bits per heavy atom. The van der Waals surface area contributed by atoms with Crippen molar-refractivity contribution in [2.24, 2.45) is 0 Å². The first kappa shape index (κ1) is 17.2. The SMILES string of the molecule is O=COCOOCCOCOCC(=O)OCC(=O)O. The molecule has 0 saturated carbocycles. The standard InChI is InChI=1S/C9H14O10/c10-5-16-7-19-18-2-1-14-6-15-4-9(13)17-3-8(11)12/h5H,1-4,6-7H2,(H,11,12). The van der Waals surface area contributed by atoms with Gasteiger partial charge < -0.3 is 24.1 Å². The summed E-state index contributed by atoms with van der Waals surface area (Å²) in [5.41, 5.74) is 0. The first-order valence-electron chi connectivity index (χ1n) is 4.99. The summed E-state index contributed by atoms with van der Waals surface area (Å²) in [4.78, 5) is 39.4. The third kappa shape index (κ3) is 14.2. The third-order valence-corrected chi connectivity index (χ3v) is 1.32. The largest absolute Gasteiger partial charge is 0.479 e.